The zero-order chi connectivity index (χ0) is 13.8. The average molecular weight is 254 g/mol. The molecular weight excluding hydrogens is 240 g/mol. The average Bonchev–Trinajstić information content (AvgIpc) is 2.46. The van der Waals surface area contributed by atoms with E-state index in [1.807, 2.05) is 43.3 Å². The summed E-state index contributed by atoms with van der Waals surface area (Å²) in [5, 5.41) is 9.13. The van der Waals surface area contributed by atoms with E-state index in [2.05, 4.69) is 4.98 Å². The van der Waals surface area contributed by atoms with Crippen molar-refractivity contribution in [2.45, 2.75) is 13.3 Å². The van der Waals surface area contributed by atoms with Gasteiger partial charge in [-0.3, -0.25) is 4.79 Å². The van der Waals surface area contributed by atoms with Crippen molar-refractivity contribution in [3.63, 3.8) is 0 Å². The van der Waals surface area contributed by atoms with E-state index in [0.29, 0.717) is 12.0 Å². The number of aryl methyl sites for hydroxylation is 1. The third-order valence-corrected chi connectivity index (χ3v) is 2.98. The van der Waals surface area contributed by atoms with Gasteiger partial charge in [0.1, 0.15) is 17.4 Å². The molecule has 0 aliphatic heterocycles. The Bertz CT molecular complexity index is 679. The molecule has 0 aliphatic carbocycles. The molecule has 0 saturated carbocycles. The minimum absolute atomic E-state index is 0.141. The van der Waals surface area contributed by atoms with Crippen LogP contribution in [0.15, 0.2) is 35.1 Å². The van der Waals surface area contributed by atoms with E-state index in [1.165, 1.54) is 0 Å². The molecule has 0 unspecified atom stereocenters. The van der Waals surface area contributed by atoms with Crippen LogP contribution < -0.4 is 10.3 Å². The van der Waals surface area contributed by atoms with E-state index in [4.69, 9.17) is 10.00 Å². The Morgan fingerprint density at radius 1 is 1.32 bits per heavy atom. The molecule has 1 aromatic carbocycles. The molecule has 19 heavy (non-hydrogen) atoms. The van der Waals surface area contributed by atoms with Gasteiger partial charge in [-0.05, 0) is 30.2 Å². The molecule has 0 radical (unpaired) electrons. The Morgan fingerprint density at radius 2 is 2.00 bits per heavy atom. The predicted octanol–water partition coefficient (Wildman–Crippen LogP) is 2.48. The van der Waals surface area contributed by atoms with Gasteiger partial charge >= 0.3 is 0 Å². The highest BCUT2D eigenvalue weighted by Crippen LogP contribution is 2.24. The molecule has 0 aliphatic rings. The summed E-state index contributed by atoms with van der Waals surface area (Å²) in [5.74, 6) is 0.739. The van der Waals surface area contributed by atoms with Crippen molar-refractivity contribution in [1.29, 1.82) is 5.26 Å². The number of benzene rings is 1. The number of nitrogens with one attached hydrogen (secondary N) is 1. The molecule has 0 bridgehead atoms. The SMILES string of the molecule is CCc1cc(-c2ccc(OC)cc2)c(C#N)c(=O)[nH]1. The maximum Gasteiger partial charge on any atom is 0.266 e. The van der Waals surface area contributed by atoms with Crippen LogP contribution in [0.1, 0.15) is 18.2 Å². The summed E-state index contributed by atoms with van der Waals surface area (Å²) in [6, 6.07) is 11.1. The van der Waals surface area contributed by atoms with Crippen LogP contribution in [-0.4, -0.2) is 12.1 Å². The lowest BCUT2D eigenvalue weighted by molar-refractivity contribution is 0.415. The molecule has 0 amide bonds. The van der Waals surface area contributed by atoms with Crippen molar-refractivity contribution in [3.05, 3.63) is 51.9 Å². The first kappa shape index (κ1) is 12.9. The molecule has 96 valence electrons. The van der Waals surface area contributed by atoms with Crippen molar-refractivity contribution in [1.82, 2.24) is 4.98 Å². The number of nitriles is 1. The zero-order valence-corrected chi connectivity index (χ0v) is 10.9. The molecular formula is C15H14N2O2. The molecule has 1 aromatic heterocycles. The van der Waals surface area contributed by atoms with Gasteiger partial charge in [0, 0.05) is 11.3 Å². The fraction of sp³-hybridized carbons (Fsp3) is 0.200. The maximum absolute atomic E-state index is 11.8. The van der Waals surface area contributed by atoms with Gasteiger partial charge in [-0.2, -0.15) is 5.26 Å². The van der Waals surface area contributed by atoms with E-state index in [0.717, 1.165) is 17.0 Å². The quantitative estimate of drug-likeness (QED) is 0.915. The first-order valence-corrected chi connectivity index (χ1v) is 6.00. The fourth-order valence-corrected chi connectivity index (χ4v) is 1.91. The van der Waals surface area contributed by atoms with Crippen LogP contribution in [-0.2, 0) is 6.42 Å². The molecule has 1 N–H and O–H groups in total. The van der Waals surface area contributed by atoms with Crippen LogP contribution in [0.2, 0.25) is 0 Å². The number of pyridine rings is 1. The first-order valence-electron chi connectivity index (χ1n) is 6.00. The van der Waals surface area contributed by atoms with Gasteiger partial charge in [0.2, 0.25) is 0 Å². The second-order valence-electron chi connectivity index (χ2n) is 4.11. The number of nitrogens with zero attached hydrogens (tertiary/aromatic N) is 1. The van der Waals surface area contributed by atoms with Gasteiger partial charge in [-0.25, -0.2) is 0 Å². The fourth-order valence-electron chi connectivity index (χ4n) is 1.91. The number of rotatable bonds is 3. The van der Waals surface area contributed by atoms with Crippen molar-refractivity contribution in [2.75, 3.05) is 7.11 Å². The summed E-state index contributed by atoms with van der Waals surface area (Å²) in [6.07, 6.45) is 0.712. The topological polar surface area (TPSA) is 65.9 Å². The third-order valence-electron chi connectivity index (χ3n) is 2.98. The lowest BCUT2D eigenvalue weighted by atomic mass is 10.0. The van der Waals surface area contributed by atoms with Gasteiger partial charge in [0.15, 0.2) is 0 Å². The number of aromatic amines is 1. The van der Waals surface area contributed by atoms with Gasteiger partial charge < -0.3 is 9.72 Å². The van der Waals surface area contributed by atoms with Crippen molar-refractivity contribution in [3.8, 4) is 22.9 Å². The minimum Gasteiger partial charge on any atom is -0.497 e. The van der Waals surface area contributed by atoms with Crippen molar-refractivity contribution in [2.24, 2.45) is 0 Å². The normalized spacial score (nSPS) is 9.95. The zero-order valence-electron chi connectivity index (χ0n) is 10.9. The summed E-state index contributed by atoms with van der Waals surface area (Å²) < 4.78 is 5.10. The van der Waals surface area contributed by atoms with E-state index in [9.17, 15) is 4.79 Å². The van der Waals surface area contributed by atoms with E-state index in [-0.39, 0.29) is 11.1 Å². The Labute approximate surface area is 111 Å². The largest absolute Gasteiger partial charge is 0.497 e. The number of hydrogen-bond donors (Lipinski definition) is 1. The van der Waals surface area contributed by atoms with Crippen molar-refractivity contribution < 1.29 is 4.74 Å². The van der Waals surface area contributed by atoms with Crippen LogP contribution in [0.5, 0.6) is 5.75 Å². The molecule has 0 fully saturated rings. The Kier molecular flexibility index (Phi) is 3.67. The molecule has 4 nitrogen and oxygen atoms in total. The summed E-state index contributed by atoms with van der Waals surface area (Å²) >= 11 is 0. The third kappa shape index (κ3) is 2.50. The number of hydrogen-bond acceptors (Lipinski definition) is 3. The number of ether oxygens (including phenoxy) is 1. The van der Waals surface area contributed by atoms with Gasteiger partial charge in [0.05, 0.1) is 7.11 Å². The van der Waals surface area contributed by atoms with Crippen LogP contribution in [0.3, 0.4) is 0 Å². The van der Waals surface area contributed by atoms with Gasteiger partial charge in [-0.15, -0.1) is 0 Å². The minimum atomic E-state index is -0.340. The van der Waals surface area contributed by atoms with E-state index < -0.39 is 0 Å². The maximum atomic E-state index is 11.8. The monoisotopic (exact) mass is 254 g/mol. The second-order valence-corrected chi connectivity index (χ2v) is 4.11. The van der Waals surface area contributed by atoms with Gasteiger partial charge in [0.25, 0.3) is 5.56 Å². The molecule has 1 heterocycles. The molecule has 0 spiro atoms. The summed E-state index contributed by atoms with van der Waals surface area (Å²) in [5.41, 5.74) is 2.11. The highest BCUT2D eigenvalue weighted by atomic mass is 16.5. The van der Waals surface area contributed by atoms with Crippen LogP contribution in [0.4, 0.5) is 0 Å². The van der Waals surface area contributed by atoms with Crippen LogP contribution in [0.25, 0.3) is 11.1 Å². The van der Waals surface area contributed by atoms with E-state index >= 15 is 0 Å². The lowest BCUT2D eigenvalue weighted by Gasteiger charge is -2.07. The Balaban J connectivity index is 2.62. The van der Waals surface area contributed by atoms with Crippen molar-refractivity contribution >= 4 is 0 Å². The first-order chi connectivity index (χ1) is 9.19. The summed E-state index contributed by atoms with van der Waals surface area (Å²) in [4.78, 5) is 14.6. The molecule has 0 atom stereocenters. The standard InChI is InChI=1S/C15H14N2O2/c1-3-11-8-13(14(9-16)15(18)17-11)10-4-6-12(19-2)7-5-10/h4-8H,3H2,1-2H3,(H,17,18). The lowest BCUT2D eigenvalue weighted by Crippen LogP contribution is -2.13. The van der Waals surface area contributed by atoms with Gasteiger partial charge in [-0.1, -0.05) is 19.1 Å². The van der Waals surface area contributed by atoms with Crippen LogP contribution in [0, 0.1) is 11.3 Å². The van der Waals surface area contributed by atoms with Crippen LogP contribution >= 0.6 is 0 Å². The highest BCUT2D eigenvalue weighted by molar-refractivity contribution is 5.70. The number of methoxy groups -OCH3 is 1. The van der Waals surface area contributed by atoms with E-state index in [1.54, 1.807) is 7.11 Å². The Hall–Kier alpha value is -2.54. The molecule has 0 saturated heterocycles. The summed E-state index contributed by atoms with van der Waals surface area (Å²) in [7, 11) is 1.60. The molecule has 4 heteroatoms. The second kappa shape index (κ2) is 5.40. The molecule has 2 aromatic rings. The highest BCUT2D eigenvalue weighted by Gasteiger charge is 2.10. The smallest absolute Gasteiger partial charge is 0.266 e. The Morgan fingerprint density at radius 3 is 2.53 bits per heavy atom. The number of aromatic nitrogens is 1. The summed E-state index contributed by atoms with van der Waals surface area (Å²) in [6.45, 7) is 1.95. The number of H-pyrrole nitrogens is 1. The predicted molar refractivity (Wildman–Crippen MR) is 73.1 cm³/mol. The molecule has 2 rings (SSSR count).